The van der Waals surface area contributed by atoms with E-state index in [1.54, 1.807) is 7.11 Å². The highest BCUT2D eigenvalue weighted by atomic mass is 16.5. The second-order valence-corrected chi connectivity index (χ2v) is 6.56. The summed E-state index contributed by atoms with van der Waals surface area (Å²) in [7, 11) is 4.03. The minimum Gasteiger partial charge on any atom is -0.383 e. The number of hydrogen-bond acceptors (Lipinski definition) is 4. The van der Waals surface area contributed by atoms with Crippen molar-refractivity contribution in [2.45, 2.75) is 25.7 Å². The van der Waals surface area contributed by atoms with E-state index in [0.717, 1.165) is 19.1 Å². The number of methoxy groups -OCH3 is 1. The van der Waals surface area contributed by atoms with Crippen LogP contribution in [-0.4, -0.2) is 87.8 Å². The highest BCUT2D eigenvalue weighted by molar-refractivity contribution is 4.74. The van der Waals surface area contributed by atoms with Gasteiger partial charge in [-0.1, -0.05) is 0 Å². The van der Waals surface area contributed by atoms with Crippen LogP contribution in [0, 0.1) is 5.92 Å². The second-order valence-electron chi connectivity index (χ2n) is 6.56. The van der Waals surface area contributed by atoms with Crippen LogP contribution in [0.25, 0.3) is 0 Å². The number of rotatable bonds is 7. The summed E-state index contributed by atoms with van der Waals surface area (Å²) in [5, 5.41) is 0. The number of likely N-dealkylation sites (N-methyl/N-ethyl adjacent to an activating group) is 1. The molecular formula is C16H33N3O. The molecule has 4 heteroatoms. The van der Waals surface area contributed by atoms with Crippen molar-refractivity contribution in [1.82, 2.24) is 14.7 Å². The van der Waals surface area contributed by atoms with Gasteiger partial charge < -0.3 is 19.4 Å². The Morgan fingerprint density at radius 2 is 1.55 bits per heavy atom. The van der Waals surface area contributed by atoms with Crippen molar-refractivity contribution >= 4 is 0 Å². The molecule has 0 aromatic rings. The van der Waals surface area contributed by atoms with Crippen LogP contribution >= 0.6 is 0 Å². The van der Waals surface area contributed by atoms with Crippen LogP contribution in [0.1, 0.15) is 25.7 Å². The fraction of sp³-hybridized carbons (Fsp3) is 1.00. The van der Waals surface area contributed by atoms with Gasteiger partial charge in [0.05, 0.1) is 6.61 Å². The molecule has 0 radical (unpaired) electrons. The monoisotopic (exact) mass is 283 g/mol. The molecule has 0 saturated carbocycles. The summed E-state index contributed by atoms with van der Waals surface area (Å²) in [5.74, 6) is 0.973. The summed E-state index contributed by atoms with van der Waals surface area (Å²) in [6.45, 7) is 10.9. The number of nitrogens with zero attached hydrogens (tertiary/aromatic N) is 3. The lowest BCUT2D eigenvalue weighted by molar-refractivity contribution is 0.114. The van der Waals surface area contributed by atoms with E-state index in [1.165, 1.54) is 71.5 Å². The molecular weight excluding hydrogens is 250 g/mol. The summed E-state index contributed by atoms with van der Waals surface area (Å²) in [4.78, 5) is 7.64. The first-order valence-corrected chi connectivity index (χ1v) is 8.40. The summed E-state index contributed by atoms with van der Waals surface area (Å²) >= 11 is 0. The summed E-state index contributed by atoms with van der Waals surface area (Å²) in [6, 6.07) is 0. The van der Waals surface area contributed by atoms with Gasteiger partial charge in [0.25, 0.3) is 0 Å². The lowest BCUT2D eigenvalue weighted by atomic mass is 9.92. The van der Waals surface area contributed by atoms with Gasteiger partial charge in [0.15, 0.2) is 0 Å². The topological polar surface area (TPSA) is 19.0 Å². The van der Waals surface area contributed by atoms with Gasteiger partial charge in [-0.2, -0.15) is 0 Å². The average molecular weight is 283 g/mol. The molecule has 2 saturated heterocycles. The molecule has 2 heterocycles. The molecule has 0 aliphatic carbocycles. The zero-order chi connectivity index (χ0) is 14.2. The largest absolute Gasteiger partial charge is 0.383 e. The molecule has 118 valence electrons. The fourth-order valence-electron chi connectivity index (χ4n) is 3.39. The molecule has 0 N–H and O–H groups in total. The van der Waals surface area contributed by atoms with Crippen LogP contribution in [0.4, 0.5) is 0 Å². The molecule has 4 nitrogen and oxygen atoms in total. The van der Waals surface area contributed by atoms with Crippen molar-refractivity contribution in [1.29, 1.82) is 0 Å². The Balaban J connectivity index is 1.50. The van der Waals surface area contributed by atoms with E-state index in [4.69, 9.17) is 4.74 Å². The third-order valence-electron chi connectivity index (χ3n) is 5.00. The smallest absolute Gasteiger partial charge is 0.0589 e. The number of ether oxygens (including phenoxy) is 1. The molecule has 0 aromatic heterocycles. The number of hydrogen-bond donors (Lipinski definition) is 0. The predicted molar refractivity (Wildman–Crippen MR) is 84.2 cm³/mol. The maximum absolute atomic E-state index is 5.16. The number of likely N-dealkylation sites (tertiary alicyclic amines) is 1. The van der Waals surface area contributed by atoms with Gasteiger partial charge >= 0.3 is 0 Å². The lowest BCUT2D eigenvalue weighted by Crippen LogP contribution is -2.44. The van der Waals surface area contributed by atoms with Gasteiger partial charge in [0, 0.05) is 39.8 Å². The Labute approximate surface area is 125 Å². The molecule has 0 spiro atoms. The van der Waals surface area contributed by atoms with Crippen LogP contribution < -0.4 is 0 Å². The van der Waals surface area contributed by atoms with Crippen molar-refractivity contribution in [2.75, 3.05) is 73.1 Å². The van der Waals surface area contributed by atoms with Crippen LogP contribution in [0.3, 0.4) is 0 Å². The Morgan fingerprint density at radius 3 is 2.20 bits per heavy atom. The molecule has 0 unspecified atom stereocenters. The molecule has 2 rings (SSSR count). The van der Waals surface area contributed by atoms with E-state index in [0.29, 0.717) is 0 Å². The summed E-state index contributed by atoms with van der Waals surface area (Å²) < 4.78 is 5.16. The molecule has 2 aliphatic rings. The van der Waals surface area contributed by atoms with Gasteiger partial charge in [0.1, 0.15) is 0 Å². The fourth-order valence-corrected chi connectivity index (χ4v) is 3.39. The first-order valence-electron chi connectivity index (χ1n) is 8.40. The van der Waals surface area contributed by atoms with Gasteiger partial charge in [-0.05, 0) is 58.3 Å². The SMILES string of the molecule is COCCN1CCC(CCCN2CCN(C)CC2)CC1. The molecule has 0 atom stereocenters. The van der Waals surface area contributed by atoms with E-state index >= 15 is 0 Å². The van der Waals surface area contributed by atoms with Crippen molar-refractivity contribution < 1.29 is 4.74 Å². The summed E-state index contributed by atoms with van der Waals surface area (Å²) in [6.07, 6.45) is 5.62. The second kappa shape index (κ2) is 8.98. The van der Waals surface area contributed by atoms with Crippen molar-refractivity contribution in [3.05, 3.63) is 0 Å². The first-order chi connectivity index (χ1) is 9.78. The number of piperazine rings is 1. The standard InChI is InChI=1S/C16H33N3O/c1-17-10-12-18(13-11-17)7-3-4-16-5-8-19(9-6-16)14-15-20-2/h16H,3-15H2,1-2H3. The third-order valence-corrected chi connectivity index (χ3v) is 5.00. The van der Waals surface area contributed by atoms with Crippen molar-refractivity contribution in [3.8, 4) is 0 Å². The number of piperidine rings is 1. The summed E-state index contributed by atoms with van der Waals surface area (Å²) in [5.41, 5.74) is 0. The first kappa shape index (κ1) is 16.2. The lowest BCUT2D eigenvalue weighted by Gasteiger charge is -2.34. The molecule has 0 bridgehead atoms. The third kappa shape index (κ3) is 5.68. The predicted octanol–water partition coefficient (Wildman–Crippen LogP) is 1.37. The van der Waals surface area contributed by atoms with Crippen LogP contribution in [0.15, 0.2) is 0 Å². The minimum atomic E-state index is 0.883. The van der Waals surface area contributed by atoms with Crippen LogP contribution in [0.2, 0.25) is 0 Å². The van der Waals surface area contributed by atoms with E-state index in [-0.39, 0.29) is 0 Å². The molecule has 2 aliphatic heterocycles. The zero-order valence-corrected chi connectivity index (χ0v) is 13.5. The Morgan fingerprint density at radius 1 is 0.900 bits per heavy atom. The van der Waals surface area contributed by atoms with Gasteiger partial charge in [-0.25, -0.2) is 0 Å². The van der Waals surface area contributed by atoms with Gasteiger partial charge in [0.2, 0.25) is 0 Å². The quantitative estimate of drug-likeness (QED) is 0.702. The van der Waals surface area contributed by atoms with Gasteiger partial charge in [-0.3, -0.25) is 0 Å². The highest BCUT2D eigenvalue weighted by Gasteiger charge is 2.19. The Bertz CT molecular complexity index is 246. The van der Waals surface area contributed by atoms with E-state index < -0.39 is 0 Å². The van der Waals surface area contributed by atoms with Crippen molar-refractivity contribution in [3.63, 3.8) is 0 Å². The highest BCUT2D eigenvalue weighted by Crippen LogP contribution is 2.21. The average Bonchev–Trinajstić information content (AvgIpc) is 2.48. The maximum Gasteiger partial charge on any atom is 0.0589 e. The van der Waals surface area contributed by atoms with Crippen LogP contribution in [0.5, 0.6) is 0 Å². The normalized spacial score (nSPS) is 24.3. The Hall–Kier alpha value is -0.160. The molecule has 20 heavy (non-hydrogen) atoms. The maximum atomic E-state index is 5.16. The van der Waals surface area contributed by atoms with Crippen molar-refractivity contribution in [2.24, 2.45) is 5.92 Å². The minimum absolute atomic E-state index is 0.883. The van der Waals surface area contributed by atoms with E-state index in [1.807, 2.05) is 0 Å². The van der Waals surface area contributed by atoms with E-state index in [2.05, 4.69) is 21.7 Å². The molecule has 0 amide bonds. The zero-order valence-electron chi connectivity index (χ0n) is 13.5. The molecule has 2 fully saturated rings. The molecule has 0 aromatic carbocycles. The van der Waals surface area contributed by atoms with Crippen LogP contribution in [-0.2, 0) is 4.74 Å². The van der Waals surface area contributed by atoms with Gasteiger partial charge in [-0.15, -0.1) is 0 Å². The van der Waals surface area contributed by atoms with E-state index in [9.17, 15) is 0 Å². The Kier molecular flexibility index (Phi) is 7.28.